The fourth-order valence-corrected chi connectivity index (χ4v) is 9.58. The van der Waals surface area contributed by atoms with E-state index >= 15 is 0 Å². The van der Waals surface area contributed by atoms with Gasteiger partial charge in [0.05, 0.1) is 28.5 Å². The van der Waals surface area contributed by atoms with Crippen LogP contribution >= 0.6 is 0 Å². The van der Waals surface area contributed by atoms with E-state index in [1.165, 1.54) is 55.3 Å². The van der Waals surface area contributed by atoms with E-state index in [9.17, 15) is 0 Å². The van der Waals surface area contributed by atoms with Gasteiger partial charge in [0.1, 0.15) is 0 Å². The molecule has 12 rings (SSSR count). The number of allylic oxidation sites excluding steroid dienone is 2. The van der Waals surface area contributed by atoms with E-state index in [1.54, 1.807) is 0 Å². The number of aromatic nitrogens is 3. The third-order valence-corrected chi connectivity index (χ3v) is 12.5. The van der Waals surface area contributed by atoms with Gasteiger partial charge in [0, 0.05) is 50.4 Å². The Hall–Kier alpha value is -8.08. The maximum absolute atomic E-state index is 5.11. The largest absolute Gasteiger partial charge is 0.333 e. The predicted octanol–water partition coefficient (Wildman–Crippen LogP) is 14.5. The van der Waals surface area contributed by atoms with Crippen molar-refractivity contribution >= 4 is 38.8 Å². The number of nitrogens with zero attached hydrogens (tertiary/aromatic N) is 4. The van der Waals surface area contributed by atoms with Crippen molar-refractivity contribution in [3.05, 3.63) is 242 Å². The third kappa shape index (κ3) is 6.15. The van der Waals surface area contributed by atoms with E-state index in [1.807, 2.05) is 12.1 Å². The standard InChI is InChI=1S/C58H40N4/c1-4-15-39(16-5-1)43-21-14-22-47(35-43)62-55-26-13-11-24-49(55)51-34-30-45(37-57(51)62)44-29-33-50-48-23-10-12-25-54(48)61(56(50)36-44)46-31-27-42(28-32-46)58-59-52(40-17-6-2-7-18-40)38-53(60-58)41-19-8-3-9-20-41/h1-38,50,56H. The highest BCUT2D eigenvalue weighted by molar-refractivity contribution is 6.10. The zero-order chi connectivity index (χ0) is 41.0. The second-order valence-electron chi connectivity index (χ2n) is 16.2. The van der Waals surface area contributed by atoms with Gasteiger partial charge < -0.3 is 9.47 Å². The molecular weight excluding hydrogens is 753 g/mol. The van der Waals surface area contributed by atoms with Gasteiger partial charge in [0.2, 0.25) is 0 Å². The number of para-hydroxylation sites is 2. The van der Waals surface area contributed by atoms with Gasteiger partial charge in [-0.15, -0.1) is 0 Å². The van der Waals surface area contributed by atoms with Gasteiger partial charge in [-0.25, -0.2) is 9.97 Å². The Labute approximate surface area is 361 Å². The lowest BCUT2D eigenvalue weighted by Crippen LogP contribution is -2.29. The quantitative estimate of drug-likeness (QED) is 0.161. The average molecular weight is 793 g/mol. The van der Waals surface area contributed by atoms with Crippen molar-refractivity contribution in [2.24, 2.45) is 0 Å². The van der Waals surface area contributed by atoms with E-state index < -0.39 is 0 Å². The van der Waals surface area contributed by atoms with Gasteiger partial charge in [-0.3, -0.25) is 0 Å². The number of fused-ring (bicyclic) bond motifs is 6. The third-order valence-electron chi connectivity index (χ3n) is 12.5. The maximum atomic E-state index is 5.11. The molecule has 0 saturated heterocycles. The van der Waals surface area contributed by atoms with E-state index in [-0.39, 0.29) is 12.0 Å². The minimum Gasteiger partial charge on any atom is -0.333 e. The van der Waals surface area contributed by atoms with E-state index in [2.05, 4.69) is 228 Å². The monoisotopic (exact) mass is 792 g/mol. The minimum absolute atomic E-state index is 0.102. The Morgan fingerprint density at radius 3 is 1.76 bits per heavy atom. The molecule has 4 heteroatoms. The average Bonchev–Trinajstić information content (AvgIpc) is 3.87. The van der Waals surface area contributed by atoms with Crippen LogP contribution in [0.4, 0.5) is 11.4 Å². The van der Waals surface area contributed by atoms with Crippen LogP contribution in [0.2, 0.25) is 0 Å². The summed E-state index contributed by atoms with van der Waals surface area (Å²) in [6.45, 7) is 0. The summed E-state index contributed by atoms with van der Waals surface area (Å²) in [7, 11) is 0. The summed E-state index contributed by atoms with van der Waals surface area (Å²) in [5, 5.41) is 2.50. The van der Waals surface area contributed by atoms with Gasteiger partial charge >= 0.3 is 0 Å². The molecule has 292 valence electrons. The van der Waals surface area contributed by atoms with Crippen LogP contribution in [0.1, 0.15) is 17.0 Å². The Kier molecular flexibility index (Phi) is 8.60. The summed E-state index contributed by atoms with van der Waals surface area (Å²) in [4.78, 5) is 12.7. The molecule has 2 aliphatic rings. The number of hydrogen-bond acceptors (Lipinski definition) is 3. The number of rotatable bonds is 7. The van der Waals surface area contributed by atoms with Crippen molar-refractivity contribution in [2.45, 2.75) is 12.0 Å². The lowest BCUT2D eigenvalue weighted by Gasteiger charge is -2.30. The molecule has 0 radical (unpaired) electrons. The molecule has 3 heterocycles. The zero-order valence-corrected chi connectivity index (χ0v) is 33.9. The maximum Gasteiger partial charge on any atom is 0.160 e. The number of benzene rings is 8. The molecule has 0 N–H and O–H groups in total. The van der Waals surface area contributed by atoms with Crippen LogP contribution in [-0.2, 0) is 0 Å². The lowest BCUT2D eigenvalue weighted by molar-refractivity contribution is 0.747. The first-order valence-corrected chi connectivity index (χ1v) is 21.3. The molecule has 2 atom stereocenters. The molecule has 2 aromatic heterocycles. The molecule has 0 saturated carbocycles. The van der Waals surface area contributed by atoms with Crippen molar-refractivity contribution in [3.63, 3.8) is 0 Å². The normalized spacial score (nSPS) is 15.4. The highest BCUT2D eigenvalue weighted by Gasteiger charge is 2.38. The SMILES string of the molecule is C1=CC2c3ccccc3N(c3ccc(-c4nc(-c5ccccc5)cc(-c5ccccc5)n4)cc3)C2C=C1c1ccc2c3ccccc3n(-c3cccc(-c4ccccc4)c3)c2c1. The van der Waals surface area contributed by atoms with Gasteiger partial charge in [0.25, 0.3) is 0 Å². The molecule has 1 aliphatic carbocycles. The smallest absolute Gasteiger partial charge is 0.160 e. The van der Waals surface area contributed by atoms with E-state index in [0.717, 1.165) is 39.5 Å². The topological polar surface area (TPSA) is 34.0 Å². The van der Waals surface area contributed by atoms with Gasteiger partial charge in [-0.2, -0.15) is 0 Å². The Morgan fingerprint density at radius 2 is 1.02 bits per heavy atom. The molecule has 62 heavy (non-hydrogen) atoms. The molecule has 8 aromatic carbocycles. The van der Waals surface area contributed by atoms with Crippen LogP contribution in [-0.4, -0.2) is 20.6 Å². The first-order valence-electron chi connectivity index (χ1n) is 21.3. The van der Waals surface area contributed by atoms with Crippen LogP contribution in [0.15, 0.2) is 231 Å². The predicted molar refractivity (Wildman–Crippen MR) is 257 cm³/mol. The second kappa shape index (κ2) is 14.9. The zero-order valence-electron chi connectivity index (χ0n) is 33.9. The van der Waals surface area contributed by atoms with Gasteiger partial charge in [0.15, 0.2) is 5.82 Å². The Balaban J connectivity index is 0.931. The van der Waals surface area contributed by atoms with Gasteiger partial charge in [-0.05, 0) is 88.5 Å². The summed E-state index contributed by atoms with van der Waals surface area (Å²) in [6, 6.07) is 75.9. The molecule has 10 aromatic rings. The highest BCUT2D eigenvalue weighted by atomic mass is 15.2. The summed E-state index contributed by atoms with van der Waals surface area (Å²) < 4.78 is 2.43. The summed E-state index contributed by atoms with van der Waals surface area (Å²) in [5.74, 6) is 0.934. The summed E-state index contributed by atoms with van der Waals surface area (Å²) >= 11 is 0. The summed E-state index contributed by atoms with van der Waals surface area (Å²) in [5.41, 5.74) is 17.0. The van der Waals surface area contributed by atoms with Crippen LogP contribution in [0.5, 0.6) is 0 Å². The van der Waals surface area contributed by atoms with Crippen molar-refractivity contribution < 1.29 is 0 Å². The molecule has 0 spiro atoms. The fraction of sp³-hybridized carbons (Fsp3) is 0.0345. The molecule has 2 unspecified atom stereocenters. The lowest BCUT2D eigenvalue weighted by atomic mass is 9.86. The van der Waals surface area contributed by atoms with Crippen molar-refractivity contribution in [1.82, 2.24) is 14.5 Å². The van der Waals surface area contributed by atoms with Crippen molar-refractivity contribution in [3.8, 4) is 50.7 Å². The number of anilines is 2. The molecule has 0 bridgehead atoms. The molecule has 4 nitrogen and oxygen atoms in total. The second-order valence-corrected chi connectivity index (χ2v) is 16.2. The minimum atomic E-state index is 0.102. The van der Waals surface area contributed by atoms with Crippen LogP contribution in [0, 0.1) is 0 Å². The highest BCUT2D eigenvalue weighted by Crippen LogP contribution is 2.49. The molecule has 1 aliphatic heterocycles. The molecular formula is C58H40N4. The van der Waals surface area contributed by atoms with Crippen LogP contribution < -0.4 is 4.90 Å². The molecule has 0 fully saturated rings. The first kappa shape index (κ1) is 35.8. The molecule has 0 amide bonds. The van der Waals surface area contributed by atoms with Gasteiger partial charge in [-0.1, -0.05) is 170 Å². The Morgan fingerprint density at radius 1 is 0.403 bits per heavy atom. The van der Waals surface area contributed by atoms with Crippen LogP contribution in [0.25, 0.3) is 78.1 Å². The van der Waals surface area contributed by atoms with E-state index in [4.69, 9.17) is 9.97 Å². The summed E-state index contributed by atoms with van der Waals surface area (Å²) in [6.07, 6.45) is 7.21. The van der Waals surface area contributed by atoms with Crippen molar-refractivity contribution in [1.29, 1.82) is 0 Å². The Bertz CT molecular complexity index is 3290. The first-order chi connectivity index (χ1) is 30.7. The number of hydrogen-bond donors (Lipinski definition) is 0. The van der Waals surface area contributed by atoms with E-state index in [0.29, 0.717) is 5.82 Å². The van der Waals surface area contributed by atoms with Crippen LogP contribution in [0.3, 0.4) is 0 Å². The fourth-order valence-electron chi connectivity index (χ4n) is 9.58. The van der Waals surface area contributed by atoms with Crippen molar-refractivity contribution in [2.75, 3.05) is 4.90 Å².